The Kier molecular flexibility index (Phi) is 10.3. The summed E-state index contributed by atoms with van der Waals surface area (Å²) in [7, 11) is 2.49. The molecule has 0 bridgehead atoms. The number of ether oxygens (including phenoxy) is 4. The Morgan fingerprint density at radius 2 is 1.24 bits per heavy atom. The van der Waals surface area contributed by atoms with Gasteiger partial charge in [0.15, 0.2) is 15.8 Å². The van der Waals surface area contributed by atoms with E-state index in [1.165, 1.54) is 26.4 Å². The molecule has 164 valence electrons. The van der Waals surface area contributed by atoms with Crippen molar-refractivity contribution >= 4 is 31.7 Å². The van der Waals surface area contributed by atoms with E-state index in [0.29, 0.717) is 12.8 Å². The Bertz CT molecular complexity index is 715. The fraction of sp³-hybridized carbons (Fsp3) is 0.600. The van der Waals surface area contributed by atoms with Crippen molar-refractivity contribution in [2.45, 2.75) is 52.7 Å². The minimum atomic E-state index is -4.13. The Labute approximate surface area is 178 Å². The highest BCUT2D eigenvalue weighted by atomic mass is 127. The van der Waals surface area contributed by atoms with Gasteiger partial charge in [0.05, 0.1) is 14.2 Å². The molecule has 1 aromatic rings. The van der Waals surface area contributed by atoms with Crippen LogP contribution in [0.25, 0.3) is 0 Å². The van der Waals surface area contributed by atoms with E-state index in [-0.39, 0.29) is 26.9 Å². The van der Waals surface area contributed by atoms with Gasteiger partial charge in [0, 0.05) is 11.8 Å². The van der Waals surface area contributed by atoms with Gasteiger partial charge in [-0.05, 0) is 25.0 Å². The zero-order valence-electron chi connectivity index (χ0n) is 17.6. The maximum atomic E-state index is 12.1. The molecule has 4 atom stereocenters. The quantitative estimate of drug-likeness (QED) is 0.316. The van der Waals surface area contributed by atoms with Crippen LogP contribution in [0.1, 0.15) is 40.5 Å². The van der Waals surface area contributed by atoms with E-state index in [0.717, 1.165) is 0 Å². The van der Waals surface area contributed by atoms with E-state index in [2.05, 4.69) is 0 Å². The zero-order valence-corrected chi connectivity index (χ0v) is 19.8. The summed E-state index contributed by atoms with van der Waals surface area (Å²) in [5.41, 5.74) is 0. The summed E-state index contributed by atoms with van der Waals surface area (Å²) in [6, 6.07) is 4.46. The van der Waals surface area contributed by atoms with Crippen molar-refractivity contribution in [3.05, 3.63) is 21.8 Å². The molecule has 1 aromatic carbocycles. The van der Waals surface area contributed by atoms with Crippen LogP contribution in [0.2, 0.25) is 0 Å². The lowest BCUT2D eigenvalue weighted by molar-refractivity contribution is -0.151. The third-order valence-electron chi connectivity index (χ3n) is 4.78. The maximum absolute atomic E-state index is 12.1. The van der Waals surface area contributed by atoms with Crippen molar-refractivity contribution < 1.29 is 34.7 Å². The summed E-state index contributed by atoms with van der Waals surface area (Å²) >= 11 is -4.13. The topological polar surface area (TPSA) is 105 Å². The molecule has 0 aromatic heterocycles. The van der Waals surface area contributed by atoms with Crippen LogP contribution in [0.4, 0.5) is 0 Å². The molecule has 8 nitrogen and oxygen atoms in total. The molecule has 0 N–H and O–H groups in total. The van der Waals surface area contributed by atoms with E-state index in [4.69, 9.17) is 18.9 Å². The molecule has 9 heteroatoms. The zero-order chi connectivity index (χ0) is 22.1. The molecule has 0 aliphatic carbocycles. The fourth-order valence-electron chi connectivity index (χ4n) is 2.55. The molecular weight excluding hydrogens is 495 g/mol. The second-order valence-corrected chi connectivity index (χ2v) is 9.00. The molecule has 0 radical (unpaired) electrons. The van der Waals surface area contributed by atoms with Gasteiger partial charge in [0.1, 0.15) is 11.5 Å². The van der Waals surface area contributed by atoms with Gasteiger partial charge >= 0.3 is 31.7 Å². The largest absolute Gasteiger partial charge is 0.477 e. The summed E-state index contributed by atoms with van der Waals surface area (Å²) < 4.78 is 45.2. The summed E-state index contributed by atoms with van der Waals surface area (Å²) in [6.07, 6.45) is -0.691. The van der Waals surface area contributed by atoms with Crippen LogP contribution in [0.5, 0.6) is 11.5 Å². The Morgan fingerprint density at radius 1 is 0.862 bits per heavy atom. The maximum Gasteiger partial charge on any atom is 0.348 e. The lowest BCUT2D eigenvalue weighted by Gasteiger charge is -2.25. The normalized spacial score (nSPS) is 15.1. The van der Waals surface area contributed by atoms with Gasteiger partial charge in [-0.1, -0.05) is 33.8 Å². The average molecular weight is 524 g/mol. The predicted molar refractivity (Wildman–Crippen MR) is 112 cm³/mol. The highest BCUT2D eigenvalue weighted by molar-refractivity contribution is 14.2. The molecule has 29 heavy (non-hydrogen) atoms. The van der Waals surface area contributed by atoms with Crippen LogP contribution in [0, 0.1) is 15.4 Å². The first-order valence-corrected chi connectivity index (χ1v) is 12.2. The van der Waals surface area contributed by atoms with Crippen molar-refractivity contribution in [2.24, 2.45) is 11.8 Å². The third-order valence-corrected chi connectivity index (χ3v) is 6.72. The van der Waals surface area contributed by atoms with Crippen molar-refractivity contribution in [3.63, 3.8) is 0 Å². The van der Waals surface area contributed by atoms with Gasteiger partial charge in [-0.2, -0.15) is 0 Å². The van der Waals surface area contributed by atoms with Crippen molar-refractivity contribution in [1.82, 2.24) is 0 Å². The number of hydrogen-bond donors (Lipinski definition) is 0. The highest BCUT2D eigenvalue weighted by Crippen LogP contribution is 2.38. The molecule has 0 spiro atoms. The Balaban J connectivity index is 3.39. The van der Waals surface area contributed by atoms with Gasteiger partial charge in [-0.15, -0.1) is 0 Å². The minimum absolute atomic E-state index is 0.00108. The van der Waals surface area contributed by atoms with E-state index < -0.39 is 43.9 Å². The van der Waals surface area contributed by atoms with E-state index >= 15 is 0 Å². The van der Waals surface area contributed by atoms with Crippen LogP contribution in [0.3, 0.4) is 0 Å². The van der Waals surface area contributed by atoms with Crippen LogP contribution in [-0.4, -0.2) is 38.4 Å². The van der Waals surface area contributed by atoms with Gasteiger partial charge in [0.25, 0.3) is 0 Å². The van der Waals surface area contributed by atoms with Gasteiger partial charge in [0.2, 0.25) is 0 Å². The molecule has 0 aliphatic rings. The molecule has 0 saturated heterocycles. The monoisotopic (exact) mass is 524 g/mol. The van der Waals surface area contributed by atoms with Crippen LogP contribution >= 0.6 is 19.8 Å². The summed E-state index contributed by atoms with van der Waals surface area (Å²) in [5.74, 6) is -1.60. The van der Waals surface area contributed by atoms with Crippen molar-refractivity contribution in [2.75, 3.05) is 14.2 Å². The summed E-state index contributed by atoms with van der Waals surface area (Å²) in [6.45, 7) is 7.39. The Morgan fingerprint density at radius 3 is 1.52 bits per heavy atom. The Hall–Kier alpha value is -1.91. The predicted octanol–water partition coefficient (Wildman–Crippen LogP) is 3.99. The molecule has 0 aliphatic heterocycles. The average Bonchev–Trinajstić information content (AvgIpc) is 2.73. The molecule has 1 rings (SSSR count). The number of rotatable bonds is 11. The van der Waals surface area contributed by atoms with Crippen LogP contribution in [0.15, 0.2) is 18.2 Å². The summed E-state index contributed by atoms with van der Waals surface area (Å²) in [4.78, 5) is 24.3. The van der Waals surface area contributed by atoms with Gasteiger partial charge in [-0.25, -0.2) is 15.7 Å². The first kappa shape index (κ1) is 25.1. The lowest BCUT2D eigenvalue weighted by atomic mass is 10.0. The second-order valence-electron chi connectivity index (χ2n) is 6.68. The smallest absolute Gasteiger partial charge is 0.348 e. The number of carbonyl (C=O) groups excluding carboxylic acids is 2. The highest BCUT2D eigenvalue weighted by Gasteiger charge is 2.32. The standard InChI is InChI=1S/C20H29IO8/c1-7-12(3)17(19(22)26-5)28-14-10-9-11-15(16(14)21(24)25)29-18(13(4)8-2)20(23)27-6/h9-13,17-18H,7-8H2,1-6H3/t12-,13-,17+,18+/m0/s1. The SMILES string of the molecule is CC[C@H](C)[C@@H](Oc1cccc(O[C@@H](C(=O)OC)[C@@H](C)CC)c1I(=O)=O)C(=O)OC. The number of carbonyl (C=O) groups is 2. The first-order valence-electron chi connectivity index (χ1n) is 9.38. The first-order chi connectivity index (χ1) is 13.7. The number of esters is 2. The van der Waals surface area contributed by atoms with Crippen LogP contribution in [-0.2, 0) is 25.2 Å². The van der Waals surface area contributed by atoms with Crippen molar-refractivity contribution in [1.29, 1.82) is 0 Å². The third kappa shape index (κ3) is 6.55. The molecule has 0 amide bonds. The van der Waals surface area contributed by atoms with Crippen molar-refractivity contribution in [3.8, 4) is 11.5 Å². The number of halogens is 1. The second kappa shape index (κ2) is 11.9. The molecule has 0 unspecified atom stereocenters. The summed E-state index contributed by atoms with van der Waals surface area (Å²) in [5, 5.41) is 0. The van der Waals surface area contributed by atoms with E-state index in [9.17, 15) is 15.7 Å². The molecular formula is C20H29IO8. The lowest BCUT2D eigenvalue weighted by Crippen LogP contribution is -2.36. The van der Waals surface area contributed by atoms with Gasteiger partial charge < -0.3 is 18.9 Å². The molecule has 0 heterocycles. The number of hydrogen-bond acceptors (Lipinski definition) is 8. The number of benzene rings is 1. The van der Waals surface area contributed by atoms with Crippen LogP contribution < -0.4 is 9.47 Å². The van der Waals surface area contributed by atoms with E-state index in [1.54, 1.807) is 6.07 Å². The molecule has 0 fully saturated rings. The minimum Gasteiger partial charge on any atom is -0.477 e. The molecule has 0 saturated carbocycles. The van der Waals surface area contributed by atoms with E-state index in [1.807, 2.05) is 27.7 Å². The van der Waals surface area contributed by atoms with Gasteiger partial charge in [-0.3, -0.25) is 0 Å². The number of methoxy groups -OCH3 is 2. The fourth-order valence-corrected chi connectivity index (χ4v) is 4.03.